The van der Waals surface area contributed by atoms with Crippen molar-refractivity contribution in [1.82, 2.24) is 9.80 Å². The maximum atomic E-state index is 12.5. The topological polar surface area (TPSA) is 32.8 Å². The van der Waals surface area contributed by atoms with E-state index in [1.807, 2.05) is 24.0 Å². The highest BCUT2D eigenvalue weighted by atomic mass is 16.5. The summed E-state index contributed by atoms with van der Waals surface area (Å²) < 4.78 is 5.71. The van der Waals surface area contributed by atoms with E-state index in [0.29, 0.717) is 12.5 Å². The summed E-state index contributed by atoms with van der Waals surface area (Å²) in [5.74, 6) is 1.52. The first-order valence-corrected chi connectivity index (χ1v) is 8.91. The lowest BCUT2D eigenvalue weighted by Gasteiger charge is -2.34. The van der Waals surface area contributed by atoms with Crippen molar-refractivity contribution in [2.24, 2.45) is 5.92 Å². The number of nitrogens with zero attached hydrogens (tertiary/aromatic N) is 2. The molecule has 0 aromatic heterocycles. The second kappa shape index (κ2) is 8.92. The predicted octanol–water partition coefficient (Wildman–Crippen LogP) is 3.17. The number of hydrogen-bond acceptors (Lipinski definition) is 3. The number of rotatable bonds is 7. The molecule has 1 aliphatic rings. The molecule has 0 spiro atoms. The zero-order valence-electron chi connectivity index (χ0n) is 14.8. The molecular formula is C19H30N2O2. The highest BCUT2D eigenvalue weighted by Gasteiger charge is 2.27. The maximum Gasteiger partial charge on any atom is 0.225 e. The van der Waals surface area contributed by atoms with Crippen molar-refractivity contribution in [3.63, 3.8) is 0 Å². The van der Waals surface area contributed by atoms with Crippen LogP contribution in [0.4, 0.5) is 0 Å². The molecule has 0 unspecified atom stereocenters. The lowest BCUT2D eigenvalue weighted by Crippen LogP contribution is -2.42. The molecule has 1 saturated heterocycles. The van der Waals surface area contributed by atoms with E-state index in [9.17, 15) is 4.79 Å². The molecule has 128 valence electrons. The van der Waals surface area contributed by atoms with Crippen LogP contribution in [0.25, 0.3) is 0 Å². The van der Waals surface area contributed by atoms with Gasteiger partial charge in [0.2, 0.25) is 5.91 Å². The van der Waals surface area contributed by atoms with Crippen molar-refractivity contribution in [3.05, 3.63) is 29.8 Å². The van der Waals surface area contributed by atoms with Crippen molar-refractivity contribution in [2.45, 2.75) is 40.2 Å². The fourth-order valence-electron chi connectivity index (χ4n) is 3.30. The quantitative estimate of drug-likeness (QED) is 0.774. The third kappa shape index (κ3) is 4.71. The van der Waals surface area contributed by atoms with E-state index in [-0.39, 0.29) is 5.92 Å². The summed E-state index contributed by atoms with van der Waals surface area (Å²) in [5, 5.41) is 0. The third-order valence-electron chi connectivity index (χ3n) is 4.68. The Morgan fingerprint density at radius 1 is 1.17 bits per heavy atom. The molecule has 4 heteroatoms. The number of piperidine rings is 1. The fourth-order valence-corrected chi connectivity index (χ4v) is 3.30. The molecule has 0 saturated carbocycles. The van der Waals surface area contributed by atoms with Crippen molar-refractivity contribution in [2.75, 3.05) is 32.8 Å². The standard InChI is InChI=1S/C19H30N2O2/c1-4-21(5-2)19(22)16-11-13-20(14-12-16)15-17-9-7-8-10-18(17)23-6-3/h7-10,16H,4-6,11-15H2,1-3H3. The summed E-state index contributed by atoms with van der Waals surface area (Å²) >= 11 is 0. The number of carbonyl (C=O) groups is 1. The molecule has 23 heavy (non-hydrogen) atoms. The second-order valence-electron chi connectivity index (χ2n) is 6.10. The normalized spacial score (nSPS) is 16.3. The Morgan fingerprint density at radius 2 is 1.83 bits per heavy atom. The summed E-state index contributed by atoms with van der Waals surface area (Å²) in [6, 6.07) is 8.26. The van der Waals surface area contributed by atoms with E-state index in [4.69, 9.17) is 4.74 Å². The van der Waals surface area contributed by atoms with Gasteiger partial charge >= 0.3 is 0 Å². The summed E-state index contributed by atoms with van der Waals surface area (Å²) in [6.07, 6.45) is 1.93. The van der Waals surface area contributed by atoms with Crippen molar-refractivity contribution < 1.29 is 9.53 Å². The molecule has 0 bridgehead atoms. The van der Waals surface area contributed by atoms with Gasteiger partial charge in [0.25, 0.3) is 0 Å². The SMILES string of the molecule is CCOc1ccccc1CN1CCC(C(=O)N(CC)CC)CC1. The van der Waals surface area contributed by atoms with Gasteiger partial charge in [-0.05, 0) is 52.8 Å². The van der Waals surface area contributed by atoms with Gasteiger partial charge in [-0.3, -0.25) is 9.69 Å². The molecule has 1 aliphatic heterocycles. The highest BCUT2D eigenvalue weighted by molar-refractivity contribution is 5.78. The number of benzene rings is 1. The molecular weight excluding hydrogens is 288 g/mol. The van der Waals surface area contributed by atoms with Crippen molar-refractivity contribution >= 4 is 5.91 Å². The van der Waals surface area contributed by atoms with E-state index in [1.165, 1.54) is 5.56 Å². The minimum atomic E-state index is 0.202. The van der Waals surface area contributed by atoms with Gasteiger partial charge in [-0.25, -0.2) is 0 Å². The maximum absolute atomic E-state index is 12.5. The Morgan fingerprint density at radius 3 is 2.43 bits per heavy atom. The second-order valence-corrected chi connectivity index (χ2v) is 6.10. The average molecular weight is 318 g/mol. The molecule has 0 atom stereocenters. The predicted molar refractivity (Wildman–Crippen MR) is 93.5 cm³/mol. The summed E-state index contributed by atoms with van der Waals surface area (Å²) in [4.78, 5) is 16.8. The minimum Gasteiger partial charge on any atom is -0.494 e. The first kappa shape index (κ1) is 17.8. The number of para-hydroxylation sites is 1. The van der Waals surface area contributed by atoms with Crippen LogP contribution in [0.2, 0.25) is 0 Å². The summed E-state index contributed by atoms with van der Waals surface area (Å²) in [5.41, 5.74) is 1.24. The number of likely N-dealkylation sites (tertiary alicyclic amines) is 1. The number of amides is 1. The van der Waals surface area contributed by atoms with Gasteiger partial charge in [0.1, 0.15) is 5.75 Å². The van der Waals surface area contributed by atoms with E-state index in [1.54, 1.807) is 0 Å². The van der Waals surface area contributed by atoms with Gasteiger partial charge in [-0.1, -0.05) is 18.2 Å². The molecule has 4 nitrogen and oxygen atoms in total. The Bertz CT molecular complexity index is 492. The van der Waals surface area contributed by atoms with Crippen LogP contribution in [-0.2, 0) is 11.3 Å². The number of ether oxygens (including phenoxy) is 1. The highest BCUT2D eigenvalue weighted by Crippen LogP contribution is 2.24. The van der Waals surface area contributed by atoms with Crippen LogP contribution in [0.1, 0.15) is 39.2 Å². The lowest BCUT2D eigenvalue weighted by molar-refractivity contribution is -0.136. The Kier molecular flexibility index (Phi) is 6.90. The molecule has 2 rings (SSSR count). The molecule has 1 aromatic carbocycles. The van der Waals surface area contributed by atoms with Crippen LogP contribution in [0.15, 0.2) is 24.3 Å². The molecule has 1 amide bonds. The van der Waals surface area contributed by atoms with Gasteiger partial charge in [0.05, 0.1) is 6.61 Å². The molecule has 1 aromatic rings. The van der Waals surface area contributed by atoms with Gasteiger partial charge in [-0.2, -0.15) is 0 Å². The summed E-state index contributed by atoms with van der Waals surface area (Å²) in [7, 11) is 0. The van der Waals surface area contributed by atoms with E-state index in [2.05, 4.69) is 30.9 Å². The zero-order chi connectivity index (χ0) is 16.7. The van der Waals surface area contributed by atoms with Gasteiger partial charge in [-0.15, -0.1) is 0 Å². The number of carbonyl (C=O) groups excluding carboxylic acids is 1. The molecule has 1 heterocycles. The molecule has 0 aliphatic carbocycles. The molecule has 0 radical (unpaired) electrons. The van der Waals surface area contributed by atoms with E-state index in [0.717, 1.165) is 51.3 Å². The average Bonchev–Trinajstić information content (AvgIpc) is 2.58. The Labute approximate surface area is 140 Å². The molecule has 0 N–H and O–H groups in total. The van der Waals surface area contributed by atoms with Crippen LogP contribution >= 0.6 is 0 Å². The minimum absolute atomic E-state index is 0.202. The van der Waals surface area contributed by atoms with Crippen molar-refractivity contribution in [1.29, 1.82) is 0 Å². The van der Waals surface area contributed by atoms with E-state index >= 15 is 0 Å². The van der Waals surface area contributed by atoms with Gasteiger partial charge in [0, 0.05) is 31.1 Å². The first-order valence-electron chi connectivity index (χ1n) is 8.91. The lowest BCUT2D eigenvalue weighted by atomic mass is 9.95. The first-order chi connectivity index (χ1) is 11.2. The fraction of sp³-hybridized carbons (Fsp3) is 0.632. The number of hydrogen-bond donors (Lipinski definition) is 0. The van der Waals surface area contributed by atoms with E-state index < -0.39 is 0 Å². The smallest absolute Gasteiger partial charge is 0.225 e. The zero-order valence-corrected chi connectivity index (χ0v) is 14.8. The Hall–Kier alpha value is -1.55. The van der Waals surface area contributed by atoms with Crippen LogP contribution in [0, 0.1) is 5.92 Å². The van der Waals surface area contributed by atoms with Gasteiger partial charge < -0.3 is 9.64 Å². The van der Waals surface area contributed by atoms with Crippen molar-refractivity contribution in [3.8, 4) is 5.75 Å². The molecule has 1 fully saturated rings. The van der Waals surface area contributed by atoms with Crippen LogP contribution < -0.4 is 4.74 Å². The van der Waals surface area contributed by atoms with Crippen LogP contribution in [0.5, 0.6) is 5.75 Å². The van der Waals surface area contributed by atoms with Crippen LogP contribution in [0.3, 0.4) is 0 Å². The van der Waals surface area contributed by atoms with Crippen LogP contribution in [-0.4, -0.2) is 48.5 Å². The Balaban J connectivity index is 1.89. The summed E-state index contributed by atoms with van der Waals surface area (Å²) in [6.45, 7) is 11.3. The largest absolute Gasteiger partial charge is 0.494 e. The van der Waals surface area contributed by atoms with Gasteiger partial charge in [0.15, 0.2) is 0 Å². The third-order valence-corrected chi connectivity index (χ3v) is 4.68. The monoisotopic (exact) mass is 318 g/mol.